The first-order chi connectivity index (χ1) is 13.9. The molecule has 2 aromatic carbocycles. The third-order valence-electron chi connectivity index (χ3n) is 3.84. The first kappa shape index (κ1) is 22.2. The lowest BCUT2D eigenvalue weighted by Gasteiger charge is -2.18. The molecular formula is C20H24F3N3O3. The van der Waals surface area contributed by atoms with Gasteiger partial charge in [-0.15, -0.1) is 0 Å². The number of guanidine groups is 1. The predicted octanol–water partition coefficient (Wildman–Crippen LogP) is 3.57. The molecule has 0 aliphatic carbocycles. The lowest BCUT2D eigenvalue weighted by molar-refractivity contribution is -0.0512. The third kappa shape index (κ3) is 7.44. The van der Waals surface area contributed by atoms with Gasteiger partial charge < -0.3 is 24.8 Å². The summed E-state index contributed by atoms with van der Waals surface area (Å²) < 4.78 is 53.2. The van der Waals surface area contributed by atoms with E-state index in [0.29, 0.717) is 30.4 Å². The smallest absolute Gasteiger partial charge is 0.387 e. The fourth-order valence-electron chi connectivity index (χ4n) is 2.45. The Morgan fingerprint density at radius 1 is 1.03 bits per heavy atom. The van der Waals surface area contributed by atoms with Crippen molar-refractivity contribution in [2.24, 2.45) is 4.99 Å². The van der Waals surface area contributed by atoms with Crippen molar-refractivity contribution in [1.29, 1.82) is 0 Å². The third-order valence-corrected chi connectivity index (χ3v) is 3.84. The van der Waals surface area contributed by atoms with Crippen molar-refractivity contribution in [3.63, 3.8) is 0 Å². The van der Waals surface area contributed by atoms with E-state index >= 15 is 0 Å². The maximum atomic E-state index is 12.9. The standard InChI is InChI=1S/C20H24F3N3O3/c1-13(28-16-7-5-15(21)6-8-16)11-25-20(24-2)26-12-14-4-9-17(27-3)18(10-14)29-19(22)23/h4-10,13,19H,11-12H2,1-3H3,(H2,24,25,26). The summed E-state index contributed by atoms with van der Waals surface area (Å²) in [4.78, 5) is 4.11. The summed E-state index contributed by atoms with van der Waals surface area (Å²) in [5.74, 6) is 0.933. The normalized spacial score (nSPS) is 12.4. The molecule has 0 spiro atoms. The van der Waals surface area contributed by atoms with Crippen LogP contribution in [0.3, 0.4) is 0 Å². The maximum absolute atomic E-state index is 12.9. The Bertz CT molecular complexity index is 801. The lowest BCUT2D eigenvalue weighted by Crippen LogP contribution is -2.41. The van der Waals surface area contributed by atoms with Crippen LogP contribution >= 0.6 is 0 Å². The number of aliphatic imine (C=N–C) groups is 1. The molecule has 2 N–H and O–H groups in total. The highest BCUT2D eigenvalue weighted by Gasteiger charge is 2.12. The average Bonchev–Trinajstić information content (AvgIpc) is 2.69. The minimum absolute atomic E-state index is 0.0360. The molecule has 158 valence electrons. The van der Waals surface area contributed by atoms with Gasteiger partial charge in [-0.05, 0) is 48.9 Å². The number of rotatable bonds is 9. The van der Waals surface area contributed by atoms with E-state index in [1.165, 1.54) is 25.3 Å². The van der Waals surface area contributed by atoms with Crippen LogP contribution in [0, 0.1) is 5.82 Å². The Labute approximate surface area is 167 Å². The zero-order valence-corrected chi connectivity index (χ0v) is 16.4. The summed E-state index contributed by atoms with van der Waals surface area (Å²) in [6, 6.07) is 10.5. The minimum Gasteiger partial charge on any atom is -0.493 e. The van der Waals surface area contributed by atoms with Crippen molar-refractivity contribution in [1.82, 2.24) is 10.6 Å². The Kier molecular flexibility index (Phi) is 8.45. The Morgan fingerprint density at radius 3 is 2.38 bits per heavy atom. The number of ether oxygens (including phenoxy) is 3. The summed E-state index contributed by atoms with van der Waals surface area (Å²) >= 11 is 0. The van der Waals surface area contributed by atoms with Crippen LogP contribution in [0.5, 0.6) is 17.2 Å². The molecule has 0 aromatic heterocycles. The van der Waals surface area contributed by atoms with E-state index in [0.717, 1.165) is 0 Å². The second-order valence-electron chi connectivity index (χ2n) is 6.05. The maximum Gasteiger partial charge on any atom is 0.387 e. The van der Waals surface area contributed by atoms with E-state index in [-0.39, 0.29) is 23.4 Å². The number of benzene rings is 2. The highest BCUT2D eigenvalue weighted by molar-refractivity contribution is 5.79. The molecule has 0 amide bonds. The van der Waals surface area contributed by atoms with Gasteiger partial charge in [-0.2, -0.15) is 8.78 Å². The molecule has 9 heteroatoms. The van der Waals surface area contributed by atoms with Gasteiger partial charge in [0.1, 0.15) is 17.7 Å². The van der Waals surface area contributed by atoms with Crippen LogP contribution in [0.4, 0.5) is 13.2 Å². The van der Waals surface area contributed by atoms with Crippen molar-refractivity contribution >= 4 is 5.96 Å². The molecular weight excluding hydrogens is 387 g/mol. The number of hydrogen-bond acceptors (Lipinski definition) is 4. The van der Waals surface area contributed by atoms with Gasteiger partial charge in [0, 0.05) is 13.6 Å². The van der Waals surface area contributed by atoms with Gasteiger partial charge in [0.15, 0.2) is 17.5 Å². The van der Waals surface area contributed by atoms with E-state index in [1.54, 1.807) is 31.3 Å². The van der Waals surface area contributed by atoms with Crippen molar-refractivity contribution in [3.8, 4) is 17.2 Å². The minimum atomic E-state index is -2.94. The fourth-order valence-corrected chi connectivity index (χ4v) is 2.45. The Hall–Kier alpha value is -3.10. The largest absolute Gasteiger partial charge is 0.493 e. The van der Waals surface area contributed by atoms with Crippen molar-refractivity contribution < 1.29 is 27.4 Å². The van der Waals surface area contributed by atoms with Gasteiger partial charge in [0.05, 0.1) is 13.7 Å². The van der Waals surface area contributed by atoms with Crippen LogP contribution in [0.15, 0.2) is 47.5 Å². The van der Waals surface area contributed by atoms with E-state index in [9.17, 15) is 13.2 Å². The van der Waals surface area contributed by atoms with E-state index in [2.05, 4.69) is 20.4 Å². The number of methoxy groups -OCH3 is 1. The quantitative estimate of drug-likeness (QED) is 0.488. The van der Waals surface area contributed by atoms with Crippen LogP contribution < -0.4 is 24.8 Å². The predicted molar refractivity (Wildman–Crippen MR) is 104 cm³/mol. The summed E-state index contributed by atoms with van der Waals surface area (Å²) in [6.07, 6.45) is -0.203. The number of nitrogens with one attached hydrogen (secondary N) is 2. The van der Waals surface area contributed by atoms with Crippen LogP contribution in [0.1, 0.15) is 12.5 Å². The fraction of sp³-hybridized carbons (Fsp3) is 0.350. The number of nitrogens with zero attached hydrogens (tertiary/aromatic N) is 1. The number of hydrogen-bond donors (Lipinski definition) is 2. The highest BCUT2D eigenvalue weighted by atomic mass is 19.3. The van der Waals surface area contributed by atoms with Gasteiger partial charge in [0.25, 0.3) is 0 Å². The lowest BCUT2D eigenvalue weighted by atomic mass is 10.2. The molecule has 0 aliphatic heterocycles. The SMILES string of the molecule is CN=C(NCc1ccc(OC)c(OC(F)F)c1)NCC(C)Oc1ccc(F)cc1. The molecule has 1 atom stereocenters. The molecule has 2 aromatic rings. The number of halogens is 3. The molecule has 6 nitrogen and oxygen atoms in total. The molecule has 2 rings (SSSR count). The monoisotopic (exact) mass is 411 g/mol. The average molecular weight is 411 g/mol. The summed E-state index contributed by atoms with van der Waals surface area (Å²) in [6.45, 7) is -0.305. The van der Waals surface area contributed by atoms with Gasteiger partial charge in [-0.3, -0.25) is 4.99 Å². The van der Waals surface area contributed by atoms with Gasteiger partial charge in [0.2, 0.25) is 0 Å². The molecule has 0 fully saturated rings. The molecule has 0 heterocycles. The van der Waals surface area contributed by atoms with Crippen LogP contribution in [-0.2, 0) is 6.54 Å². The van der Waals surface area contributed by atoms with Crippen LogP contribution in [0.25, 0.3) is 0 Å². The molecule has 0 saturated carbocycles. The molecule has 0 radical (unpaired) electrons. The van der Waals surface area contributed by atoms with Crippen LogP contribution in [-0.4, -0.2) is 39.4 Å². The molecule has 0 aliphatic rings. The number of alkyl halides is 2. The first-order valence-electron chi connectivity index (χ1n) is 8.89. The van der Waals surface area contributed by atoms with Gasteiger partial charge >= 0.3 is 6.61 Å². The molecule has 0 saturated heterocycles. The second kappa shape index (κ2) is 11.0. The zero-order chi connectivity index (χ0) is 21.2. The summed E-state index contributed by atoms with van der Waals surface area (Å²) in [5, 5.41) is 6.18. The Balaban J connectivity index is 1.86. The topological polar surface area (TPSA) is 64.1 Å². The molecule has 29 heavy (non-hydrogen) atoms. The highest BCUT2D eigenvalue weighted by Crippen LogP contribution is 2.29. The van der Waals surface area contributed by atoms with Crippen molar-refractivity contribution in [2.75, 3.05) is 20.7 Å². The van der Waals surface area contributed by atoms with Crippen molar-refractivity contribution in [3.05, 3.63) is 53.8 Å². The van der Waals surface area contributed by atoms with E-state index < -0.39 is 6.61 Å². The van der Waals surface area contributed by atoms with E-state index in [1.807, 2.05) is 6.92 Å². The molecule has 0 bridgehead atoms. The first-order valence-corrected chi connectivity index (χ1v) is 8.89. The zero-order valence-electron chi connectivity index (χ0n) is 16.4. The van der Waals surface area contributed by atoms with Gasteiger partial charge in [-0.25, -0.2) is 4.39 Å². The Morgan fingerprint density at radius 2 is 1.76 bits per heavy atom. The second-order valence-corrected chi connectivity index (χ2v) is 6.05. The summed E-state index contributed by atoms with van der Waals surface area (Å²) in [7, 11) is 2.99. The van der Waals surface area contributed by atoms with Crippen LogP contribution in [0.2, 0.25) is 0 Å². The summed E-state index contributed by atoms with van der Waals surface area (Å²) in [5.41, 5.74) is 0.708. The van der Waals surface area contributed by atoms with E-state index in [4.69, 9.17) is 9.47 Å². The van der Waals surface area contributed by atoms with Crippen molar-refractivity contribution in [2.45, 2.75) is 26.2 Å². The van der Waals surface area contributed by atoms with Gasteiger partial charge in [-0.1, -0.05) is 6.07 Å². The molecule has 1 unspecified atom stereocenters.